The van der Waals surface area contributed by atoms with Gasteiger partial charge in [0.15, 0.2) is 0 Å². The van der Waals surface area contributed by atoms with Gasteiger partial charge in [0.25, 0.3) is 0 Å². The zero-order valence-corrected chi connectivity index (χ0v) is 8.45. The monoisotopic (exact) mass is 205 g/mol. The van der Waals surface area contributed by atoms with Crippen molar-refractivity contribution in [2.24, 2.45) is 5.73 Å². The normalized spacial score (nSPS) is 16.0. The van der Waals surface area contributed by atoms with Crippen LogP contribution in [0.25, 0.3) is 0 Å². The summed E-state index contributed by atoms with van der Waals surface area (Å²) in [7, 11) is 0. The molecule has 0 aromatic carbocycles. The van der Waals surface area contributed by atoms with E-state index < -0.39 is 5.54 Å². The van der Waals surface area contributed by atoms with Crippen LogP contribution in [-0.4, -0.2) is 17.3 Å². The SMILES string of the molecule is CC(N)(CO)Cc1sccc1Cl. The second-order valence-corrected chi connectivity index (χ2v) is 4.59. The molecule has 0 saturated carbocycles. The number of halogens is 1. The van der Waals surface area contributed by atoms with Crippen LogP contribution in [0.2, 0.25) is 5.02 Å². The van der Waals surface area contributed by atoms with Gasteiger partial charge in [-0.25, -0.2) is 0 Å². The molecule has 2 nitrogen and oxygen atoms in total. The van der Waals surface area contributed by atoms with Crippen LogP contribution in [0.1, 0.15) is 11.8 Å². The summed E-state index contributed by atoms with van der Waals surface area (Å²) in [6, 6.07) is 1.84. The molecule has 0 bridgehead atoms. The summed E-state index contributed by atoms with van der Waals surface area (Å²) in [5.41, 5.74) is 5.21. The van der Waals surface area contributed by atoms with Crippen molar-refractivity contribution in [3.8, 4) is 0 Å². The second kappa shape index (κ2) is 3.75. The summed E-state index contributed by atoms with van der Waals surface area (Å²) in [6.07, 6.45) is 0.625. The van der Waals surface area contributed by atoms with E-state index in [0.717, 1.165) is 9.90 Å². The van der Waals surface area contributed by atoms with Gasteiger partial charge in [0.05, 0.1) is 11.6 Å². The van der Waals surface area contributed by atoms with E-state index >= 15 is 0 Å². The Kier molecular flexibility index (Phi) is 3.12. The molecular formula is C8H12ClNOS. The molecule has 1 heterocycles. The van der Waals surface area contributed by atoms with E-state index in [2.05, 4.69) is 0 Å². The molecule has 1 unspecified atom stereocenters. The van der Waals surface area contributed by atoms with E-state index in [4.69, 9.17) is 22.4 Å². The Morgan fingerprint density at radius 1 is 1.75 bits per heavy atom. The summed E-state index contributed by atoms with van der Waals surface area (Å²) < 4.78 is 0. The van der Waals surface area contributed by atoms with Gasteiger partial charge in [-0.15, -0.1) is 11.3 Å². The van der Waals surface area contributed by atoms with Crippen molar-refractivity contribution >= 4 is 22.9 Å². The van der Waals surface area contributed by atoms with Gasteiger partial charge < -0.3 is 10.8 Å². The van der Waals surface area contributed by atoms with Crippen LogP contribution in [0, 0.1) is 0 Å². The van der Waals surface area contributed by atoms with Gasteiger partial charge in [0.2, 0.25) is 0 Å². The maximum Gasteiger partial charge on any atom is 0.0612 e. The standard InChI is InChI=1S/C8H12ClNOS/c1-8(10,5-11)4-7-6(9)2-3-12-7/h2-3,11H,4-5,10H2,1H3. The molecule has 1 aromatic heterocycles. The van der Waals surface area contributed by atoms with Crippen LogP contribution >= 0.6 is 22.9 Å². The predicted octanol–water partition coefficient (Wildman–Crippen LogP) is 1.65. The fraction of sp³-hybridized carbons (Fsp3) is 0.500. The Morgan fingerprint density at radius 3 is 2.83 bits per heavy atom. The lowest BCUT2D eigenvalue weighted by Crippen LogP contribution is -2.42. The van der Waals surface area contributed by atoms with Crippen LogP contribution in [-0.2, 0) is 6.42 Å². The number of rotatable bonds is 3. The van der Waals surface area contributed by atoms with Crippen molar-refractivity contribution in [1.29, 1.82) is 0 Å². The quantitative estimate of drug-likeness (QED) is 0.789. The summed E-state index contributed by atoms with van der Waals surface area (Å²) >= 11 is 7.44. The van der Waals surface area contributed by atoms with E-state index in [-0.39, 0.29) is 6.61 Å². The van der Waals surface area contributed by atoms with Crippen molar-refractivity contribution in [2.45, 2.75) is 18.9 Å². The summed E-state index contributed by atoms with van der Waals surface area (Å²) in [4.78, 5) is 1.04. The van der Waals surface area contributed by atoms with Gasteiger partial charge in [-0.2, -0.15) is 0 Å². The second-order valence-electron chi connectivity index (χ2n) is 3.18. The minimum Gasteiger partial charge on any atom is -0.394 e. The predicted molar refractivity (Wildman–Crippen MR) is 52.7 cm³/mol. The minimum atomic E-state index is -0.561. The first-order chi connectivity index (χ1) is 5.55. The Balaban J connectivity index is 2.70. The molecular weight excluding hydrogens is 194 g/mol. The molecule has 1 aromatic rings. The van der Waals surface area contributed by atoms with Crippen molar-refractivity contribution < 1.29 is 5.11 Å². The van der Waals surface area contributed by atoms with Crippen molar-refractivity contribution in [2.75, 3.05) is 6.61 Å². The summed E-state index contributed by atoms with van der Waals surface area (Å²) in [5.74, 6) is 0. The first-order valence-corrected chi connectivity index (χ1v) is 4.92. The molecule has 0 aliphatic rings. The lowest BCUT2D eigenvalue weighted by Gasteiger charge is -2.20. The maximum atomic E-state index is 8.92. The molecule has 0 amide bonds. The zero-order valence-electron chi connectivity index (χ0n) is 6.88. The van der Waals surface area contributed by atoms with Gasteiger partial charge in [0.1, 0.15) is 0 Å². The first kappa shape index (κ1) is 9.99. The third kappa shape index (κ3) is 2.45. The minimum absolute atomic E-state index is 0.0266. The fourth-order valence-corrected chi connectivity index (χ4v) is 2.17. The third-order valence-corrected chi connectivity index (χ3v) is 3.00. The Labute approximate surface area is 81.0 Å². The van der Waals surface area contributed by atoms with E-state index in [1.165, 1.54) is 0 Å². The molecule has 0 aliphatic carbocycles. The zero-order chi connectivity index (χ0) is 9.19. The molecule has 1 rings (SSSR count). The van der Waals surface area contributed by atoms with Crippen molar-refractivity contribution in [1.82, 2.24) is 0 Å². The first-order valence-electron chi connectivity index (χ1n) is 3.67. The molecule has 0 aliphatic heterocycles. The lowest BCUT2D eigenvalue weighted by molar-refractivity contribution is 0.209. The Morgan fingerprint density at radius 2 is 2.42 bits per heavy atom. The van der Waals surface area contributed by atoms with Crippen molar-refractivity contribution in [3.05, 3.63) is 21.3 Å². The Hall–Kier alpha value is -0.0900. The third-order valence-electron chi connectivity index (χ3n) is 1.62. The van der Waals surface area contributed by atoms with E-state index in [9.17, 15) is 0 Å². The van der Waals surface area contributed by atoms with Crippen LogP contribution in [0.5, 0.6) is 0 Å². The Bertz CT molecular complexity index is 259. The molecule has 68 valence electrons. The van der Waals surface area contributed by atoms with Crippen LogP contribution in [0.3, 0.4) is 0 Å². The smallest absolute Gasteiger partial charge is 0.0612 e. The van der Waals surface area contributed by atoms with E-state index in [1.807, 2.05) is 18.4 Å². The molecule has 0 fully saturated rings. The number of thiophene rings is 1. The topological polar surface area (TPSA) is 46.2 Å². The average Bonchev–Trinajstić information content (AvgIpc) is 2.36. The number of hydrogen-bond acceptors (Lipinski definition) is 3. The highest BCUT2D eigenvalue weighted by atomic mass is 35.5. The number of aliphatic hydroxyl groups is 1. The molecule has 4 heteroatoms. The summed E-state index contributed by atoms with van der Waals surface area (Å²) in [6.45, 7) is 1.78. The fourth-order valence-electron chi connectivity index (χ4n) is 0.874. The van der Waals surface area contributed by atoms with Gasteiger partial charge in [0, 0.05) is 16.8 Å². The summed E-state index contributed by atoms with van der Waals surface area (Å²) in [5, 5.41) is 11.6. The molecule has 12 heavy (non-hydrogen) atoms. The van der Waals surface area contributed by atoms with E-state index in [0.29, 0.717) is 6.42 Å². The molecule has 0 radical (unpaired) electrons. The average molecular weight is 206 g/mol. The van der Waals surface area contributed by atoms with Crippen LogP contribution < -0.4 is 5.73 Å². The highest BCUT2D eigenvalue weighted by Crippen LogP contribution is 2.25. The van der Waals surface area contributed by atoms with Gasteiger partial charge in [-0.1, -0.05) is 11.6 Å². The highest BCUT2D eigenvalue weighted by molar-refractivity contribution is 7.10. The molecule has 3 N–H and O–H groups in total. The van der Waals surface area contributed by atoms with Gasteiger partial charge >= 0.3 is 0 Å². The molecule has 1 atom stereocenters. The number of hydrogen-bond donors (Lipinski definition) is 2. The van der Waals surface area contributed by atoms with E-state index in [1.54, 1.807) is 11.3 Å². The van der Waals surface area contributed by atoms with Crippen LogP contribution in [0.4, 0.5) is 0 Å². The number of nitrogens with two attached hydrogens (primary N) is 1. The van der Waals surface area contributed by atoms with Gasteiger partial charge in [-0.05, 0) is 18.4 Å². The van der Waals surface area contributed by atoms with Gasteiger partial charge in [-0.3, -0.25) is 0 Å². The lowest BCUT2D eigenvalue weighted by atomic mass is 10.00. The largest absolute Gasteiger partial charge is 0.394 e. The van der Waals surface area contributed by atoms with Crippen LogP contribution in [0.15, 0.2) is 11.4 Å². The molecule has 0 spiro atoms. The highest BCUT2D eigenvalue weighted by Gasteiger charge is 2.19. The van der Waals surface area contributed by atoms with Crippen molar-refractivity contribution in [3.63, 3.8) is 0 Å². The maximum absolute atomic E-state index is 8.92. The number of aliphatic hydroxyl groups excluding tert-OH is 1. The molecule has 0 saturated heterocycles.